The number of para-hydroxylation sites is 2. The standard InChI is InChI=1S/C30H27NO6/c1-34-30(33)27-9-5-6-10-28(27)31-29(32)21-22-11-13-25(14-12-22)37-26-17-15-24(16-18-26)36-20-19-35-23-7-3-2-4-8-23/h2-18H,19-21H2,1H3,(H,31,32). The maximum absolute atomic E-state index is 12.5. The third-order valence-corrected chi connectivity index (χ3v) is 5.32. The molecule has 0 spiro atoms. The van der Waals surface area contributed by atoms with Gasteiger partial charge in [0.1, 0.15) is 36.2 Å². The zero-order valence-corrected chi connectivity index (χ0v) is 20.4. The third-order valence-electron chi connectivity index (χ3n) is 5.32. The van der Waals surface area contributed by atoms with Crippen LogP contribution in [0.1, 0.15) is 15.9 Å². The van der Waals surface area contributed by atoms with Crippen molar-refractivity contribution < 1.29 is 28.5 Å². The molecule has 0 unspecified atom stereocenters. The van der Waals surface area contributed by atoms with Gasteiger partial charge in [0, 0.05) is 0 Å². The quantitative estimate of drug-likeness (QED) is 0.205. The molecule has 0 aliphatic heterocycles. The van der Waals surface area contributed by atoms with Crippen molar-refractivity contribution in [3.63, 3.8) is 0 Å². The van der Waals surface area contributed by atoms with Crippen molar-refractivity contribution in [1.82, 2.24) is 0 Å². The summed E-state index contributed by atoms with van der Waals surface area (Å²) in [5, 5.41) is 2.77. The monoisotopic (exact) mass is 497 g/mol. The number of amides is 1. The molecule has 0 radical (unpaired) electrons. The molecule has 0 heterocycles. The lowest BCUT2D eigenvalue weighted by Crippen LogP contribution is -2.17. The number of carbonyl (C=O) groups excluding carboxylic acids is 2. The van der Waals surface area contributed by atoms with Gasteiger partial charge in [-0.15, -0.1) is 0 Å². The van der Waals surface area contributed by atoms with Gasteiger partial charge in [-0.2, -0.15) is 0 Å². The van der Waals surface area contributed by atoms with Crippen molar-refractivity contribution in [1.29, 1.82) is 0 Å². The maximum Gasteiger partial charge on any atom is 0.339 e. The summed E-state index contributed by atoms with van der Waals surface area (Å²) in [4.78, 5) is 24.4. The molecule has 0 aromatic heterocycles. The number of hydrogen-bond acceptors (Lipinski definition) is 6. The van der Waals surface area contributed by atoms with Crippen LogP contribution in [0.2, 0.25) is 0 Å². The van der Waals surface area contributed by atoms with Crippen molar-refractivity contribution in [2.75, 3.05) is 25.6 Å². The first-order valence-corrected chi connectivity index (χ1v) is 11.8. The molecule has 0 bridgehead atoms. The molecule has 188 valence electrons. The number of rotatable bonds is 11. The zero-order chi connectivity index (χ0) is 25.9. The van der Waals surface area contributed by atoms with E-state index in [2.05, 4.69) is 5.32 Å². The van der Waals surface area contributed by atoms with Gasteiger partial charge in [0.15, 0.2) is 0 Å². The molecule has 0 aliphatic carbocycles. The summed E-state index contributed by atoms with van der Waals surface area (Å²) in [5.74, 6) is 2.09. The summed E-state index contributed by atoms with van der Waals surface area (Å²) in [6, 6.07) is 30.9. The summed E-state index contributed by atoms with van der Waals surface area (Å²) >= 11 is 0. The SMILES string of the molecule is COC(=O)c1ccccc1NC(=O)Cc1ccc(Oc2ccc(OCCOc3ccccc3)cc2)cc1. The number of nitrogens with one attached hydrogen (secondary N) is 1. The van der Waals surface area contributed by atoms with Crippen molar-refractivity contribution in [2.45, 2.75) is 6.42 Å². The van der Waals surface area contributed by atoms with Gasteiger partial charge in [0.25, 0.3) is 0 Å². The number of methoxy groups -OCH3 is 1. The highest BCUT2D eigenvalue weighted by Gasteiger charge is 2.13. The van der Waals surface area contributed by atoms with E-state index in [1.54, 1.807) is 36.4 Å². The molecular formula is C30H27NO6. The number of anilines is 1. The number of ether oxygens (including phenoxy) is 4. The molecule has 0 saturated carbocycles. The molecule has 0 aliphatic rings. The summed E-state index contributed by atoms with van der Waals surface area (Å²) < 4.78 is 22.0. The fourth-order valence-corrected chi connectivity index (χ4v) is 3.51. The number of esters is 1. The molecule has 7 heteroatoms. The molecule has 4 aromatic rings. The van der Waals surface area contributed by atoms with Crippen LogP contribution in [0, 0.1) is 0 Å². The number of hydrogen-bond donors (Lipinski definition) is 1. The van der Waals surface area contributed by atoms with Gasteiger partial charge in [-0.1, -0.05) is 42.5 Å². The Kier molecular flexibility index (Phi) is 8.75. The molecule has 1 N–H and O–H groups in total. The number of carbonyl (C=O) groups is 2. The van der Waals surface area contributed by atoms with E-state index in [0.717, 1.165) is 17.1 Å². The second kappa shape index (κ2) is 12.8. The number of benzene rings is 4. The normalized spacial score (nSPS) is 10.3. The first kappa shape index (κ1) is 25.3. The van der Waals surface area contributed by atoms with Crippen molar-refractivity contribution >= 4 is 17.6 Å². The third kappa shape index (κ3) is 7.60. The minimum atomic E-state index is -0.505. The average Bonchev–Trinajstić information content (AvgIpc) is 2.93. The molecule has 7 nitrogen and oxygen atoms in total. The predicted molar refractivity (Wildman–Crippen MR) is 141 cm³/mol. The summed E-state index contributed by atoms with van der Waals surface area (Å²) in [6.07, 6.45) is 0.149. The average molecular weight is 498 g/mol. The first-order chi connectivity index (χ1) is 18.1. The molecule has 1 amide bonds. The van der Waals surface area contributed by atoms with Crippen LogP contribution in [0.4, 0.5) is 5.69 Å². The molecule has 4 rings (SSSR count). The van der Waals surface area contributed by atoms with E-state index in [-0.39, 0.29) is 12.3 Å². The van der Waals surface area contributed by atoms with Crippen LogP contribution in [0.25, 0.3) is 0 Å². The van der Waals surface area contributed by atoms with Crippen LogP contribution < -0.4 is 19.5 Å². The largest absolute Gasteiger partial charge is 0.490 e. The highest BCUT2D eigenvalue weighted by Crippen LogP contribution is 2.24. The van der Waals surface area contributed by atoms with E-state index in [4.69, 9.17) is 18.9 Å². The fourth-order valence-electron chi connectivity index (χ4n) is 3.51. The predicted octanol–water partition coefficient (Wildman–Crippen LogP) is 5.90. The molecule has 0 fully saturated rings. The van der Waals surface area contributed by atoms with E-state index < -0.39 is 5.97 Å². The smallest absolute Gasteiger partial charge is 0.339 e. The van der Waals surface area contributed by atoms with E-state index in [0.29, 0.717) is 36.0 Å². The maximum atomic E-state index is 12.5. The van der Waals surface area contributed by atoms with Crippen molar-refractivity contribution in [3.05, 3.63) is 114 Å². The highest BCUT2D eigenvalue weighted by atomic mass is 16.5. The van der Waals surface area contributed by atoms with Gasteiger partial charge < -0.3 is 24.3 Å². The van der Waals surface area contributed by atoms with Crippen molar-refractivity contribution in [3.8, 4) is 23.0 Å². The zero-order valence-electron chi connectivity index (χ0n) is 20.4. The van der Waals surface area contributed by atoms with E-state index >= 15 is 0 Å². The van der Waals surface area contributed by atoms with Gasteiger partial charge in [-0.25, -0.2) is 4.79 Å². The van der Waals surface area contributed by atoms with Crippen LogP contribution in [0.3, 0.4) is 0 Å². The van der Waals surface area contributed by atoms with E-state index in [9.17, 15) is 9.59 Å². The Labute approximate surface area is 215 Å². The first-order valence-electron chi connectivity index (χ1n) is 11.8. The van der Waals surface area contributed by atoms with Gasteiger partial charge in [0.05, 0.1) is 24.8 Å². The summed E-state index contributed by atoms with van der Waals surface area (Å²) in [5.41, 5.74) is 1.52. The van der Waals surface area contributed by atoms with E-state index in [1.807, 2.05) is 66.7 Å². The minimum Gasteiger partial charge on any atom is -0.490 e. The molecular weight excluding hydrogens is 470 g/mol. The molecule has 0 saturated heterocycles. The van der Waals surface area contributed by atoms with Gasteiger partial charge in [-0.05, 0) is 66.2 Å². The van der Waals surface area contributed by atoms with Crippen LogP contribution >= 0.6 is 0 Å². The Hall–Kier alpha value is -4.78. The van der Waals surface area contributed by atoms with Crippen LogP contribution in [0.5, 0.6) is 23.0 Å². The minimum absolute atomic E-state index is 0.149. The Morgan fingerprint density at radius 1 is 0.649 bits per heavy atom. The summed E-state index contributed by atoms with van der Waals surface area (Å²) in [7, 11) is 1.30. The second-order valence-corrected chi connectivity index (χ2v) is 7.99. The lowest BCUT2D eigenvalue weighted by molar-refractivity contribution is -0.115. The summed E-state index contributed by atoms with van der Waals surface area (Å²) in [6.45, 7) is 0.878. The molecule has 0 atom stereocenters. The highest BCUT2D eigenvalue weighted by molar-refractivity contribution is 6.01. The Morgan fingerprint density at radius 2 is 1.19 bits per heavy atom. The lowest BCUT2D eigenvalue weighted by atomic mass is 10.1. The van der Waals surface area contributed by atoms with Crippen LogP contribution in [-0.4, -0.2) is 32.2 Å². The fraction of sp³-hybridized carbons (Fsp3) is 0.133. The van der Waals surface area contributed by atoms with Crippen molar-refractivity contribution in [2.24, 2.45) is 0 Å². The molecule has 4 aromatic carbocycles. The van der Waals surface area contributed by atoms with Crippen LogP contribution in [0.15, 0.2) is 103 Å². The van der Waals surface area contributed by atoms with Gasteiger partial charge >= 0.3 is 5.97 Å². The Bertz CT molecular complexity index is 1300. The van der Waals surface area contributed by atoms with E-state index in [1.165, 1.54) is 7.11 Å². The van der Waals surface area contributed by atoms with Gasteiger partial charge in [0.2, 0.25) is 5.91 Å². The Balaban J connectivity index is 1.24. The van der Waals surface area contributed by atoms with Crippen LogP contribution in [-0.2, 0) is 16.0 Å². The topological polar surface area (TPSA) is 83.1 Å². The molecule has 37 heavy (non-hydrogen) atoms. The lowest BCUT2D eigenvalue weighted by Gasteiger charge is -2.11. The Morgan fingerprint density at radius 3 is 1.84 bits per heavy atom. The second-order valence-electron chi connectivity index (χ2n) is 7.99. The van der Waals surface area contributed by atoms with Gasteiger partial charge in [-0.3, -0.25) is 4.79 Å².